The first kappa shape index (κ1) is 13.8. The average molecular weight is 264 g/mol. The molecule has 0 bridgehead atoms. The highest BCUT2D eigenvalue weighted by atomic mass is 16.3. The van der Waals surface area contributed by atoms with E-state index in [-0.39, 0.29) is 29.1 Å². The Morgan fingerprint density at radius 2 is 2.16 bits per heavy atom. The number of nitrogens with one attached hydrogen (secondary N) is 2. The van der Waals surface area contributed by atoms with E-state index in [4.69, 9.17) is 0 Å². The lowest BCUT2D eigenvalue weighted by Crippen LogP contribution is -2.38. The molecular formula is C14H20N2O3. The molecule has 0 aliphatic heterocycles. The van der Waals surface area contributed by atoms with Gasteiger partial charge in [0.15, 0.2) is 0 Å². The van der Waals surface area contributed by atoms with E-state index in [1.54, 1.807) is 13.0 Å². The number of aliphatic hydroxyl groups is 1. The Morgan fingerprint density at radius 3 is 2.84 bits per heavy atom. The molecule has 104 valence electrons. The zero-order chi connectivity index (χ0) is 13.8. The summed E-state index contributed by atoms with van der Waals surface area (Å²) in [6.07, 6.45) is 3.51. The summed E-state index contributed by atoms with van der Waals surface area (Å²) < 4.78 is 0. The molecule has 1 aliphatic rings. The molecule has 1 saturated carbocycles. The van der Waals surface area contributed by atoms with Crippen molar-refractivity contribution in [3.05, 3.63) is 33.7 Å². The number of carbonyl (C=O) groups excluding carboxylic acids is 1. The van der Waals surface area contributed by atoms with Crippen LogP contribution in [0.2, 0.25) is 0 Å². The number of H-pyrrole nitrogens is 1. The van der Waals surface area contributed by atoms with Gasteiger partial charge in [-0.3, -0.25) is 9.59 Å². The summed E-state index contributed by atoms with van der Waals surface area (Å²) in [4.78, 5) is 26.1. The molecule has 1 aromatic heterocycles. The van der Waals surface area contributed by atoms with E-state index >= 15 is 0 Å². The molecule has 1 amide bonds. The van der Waals surface area contributed by atoms with Crippen LogP contribution in [0.25, 0.3) is 0 Å². The number of aromatic nitrogens is 1. The standard InChI is InChI=1S/C14H20N2O3/c1-9-6-7-11(14(19)16-9)13(18)15-8-10-4-2-3-5-12(10)17/h6-7,10,12,17H,2-5,8H2,1H3,(H,15,18)(H,16,19). The maximum absolute atomic E-state index is 11.9. The molecular weight excluding hydrogens is 244 g/mol. The third-order valence-corrected chi connectivity index (χ3v) is 3.69. The largest absolute Gasteiger partial charge is 0.393 e. The second-order valence-corrected chi connectivity index (χ2v) is 5.21. The van der Waals surface area contributed by atoms with Crippen molar-refractivity contribution in [3.8, 4) is 0 Å². The van der Waals surface area contributed by atoms with Crippen molar-refractivity contribution in [3.63, 3.8) is 0 Å². The fourth-order valence-corrected chi connectivity index (χ4v) is 2.50. The fourth-order valence-electron chi connectivity index (χ4n) is 2.50. The first-order valence-electron chi connectivity index (χ1n) is 6.74. The number of hydrogen-bond acceptors (Lipinski definition) is 3. The molecule has 1 heterocycles. The molecule has 0 saturated heterocycles. The highest BCUT2D eigenvalue weighted by molar-refractivity contribution is 5.93. The Balaban J connectivity index is 1.95. The van der Waals surface area contributed by atoms with E-state index in [1.807, 2.05) is 0 Å². The summed E-state index contributed by atoms with van der Waals surface area (Å²) in [5, 5.41) is 12.6. The minimum absolute atomic E-state index is 0.0993. The van der Waals surface area contributed by atoms with E-state index < -0.39 is 0 Å². The van der Waals surface area contributed by atoms with E-state index in [1.165, 1.54) is 6.07 Å². The second-order valence-electron chi connectivity index (χ2n) is 5.21. The van der Waals surface area contributed by atoms with Crippen LogP contribution in [0.3, 0.4) is 0 Å². The predicted octanol–water partition coefficient (Wildman–Crippen LogP) is 0.964. The van der Waals surface area contributed by atoms with E-state index in [9.17, 15) is 14.7 Å². The van der Waals surface area contributed by atoms with Crippen LogP contribution >= 0.6 is 0 Å². The third-order valence-electron chi connectivity index (χ3n) is 3.69. The third kappa shape index (κ3) is 3.44. The monoisotopic (exact) mass is 264 g/mol. The topological polar surface area (TPSA) is 82.2 Å². The molecule has 1 aromatic rings. The maximum atomic E-state index is 11.9. The first-order chi connectivity index (χ1) is 9.08. The van der Waals surface area contributed by atoms with Crippen LogP contribution in [0, 0.1) is 12.8 Å². The van der Waals surface area contributed by atoms with Crippen molar-refractivity contribution >= 4 is 5.91 Å². The highest BCUT2D eigenvalue weighted by Gasteiger charge is 2.23. The van der Waals surface area contributed by atoms with Crippen LogP contribution < -0.4 is 10.9 Å². The molecule has 0 spiro atoms. The molecule has 2 atom stereocenters. The maximum Gasteiger partial charge on any atom is 0.260 e. The van der Waals surface area contributed by atoms with Gasteiger partial charge >= 0.3 is 0 Å². The summed E-state index contributed by atoms with van der Waals surface area (Å²) in [6, 6.07) is 3.23. The first-order valence-corrected chi connectivity index (χ1v) is 6.74. The van der Waals surface area contributed by atoms with E-state index in [2.05, 4.69) is 10.3 Å². The van der Waals surface area contributed by atoms with Crippen LogP contribution in [-0.4, -0.2) is 28.6 Å². The number of aromatic amines is 1. The molecule has 5 nitrogen and oxygen atoms in total. The lowest BCUT2D eigenvalue weighted by Gasteiger charge is -2.27. The zero-order valence-corrected chi connectivity index (χ0v) is 11.1. The fraction of sp³-hybridized carbons (Fsp3) is 0.571. The molecule has 0 radical (unpaired) electrons. The molecule has 0 aromatic carbocycles. The Kier molecular flexibility index (Phi) is 4.37. The minimum Gasteiger partial charge on any atom is -0.393 e. The normalized spacial score (nSPS) is 23.1. The van der Waals surface area contributed by atoms with Crippen LogP contribution in [0.5, 0.6) is 0 Å². The summed E-state index contributed by atoms with van der Waals surface area (Å²) in [7, 11) is 0. The quantitative estimate of drug-likeness (QED) is 0.760. The number of amides is 1. The molecule has 2 rings (SSSR count). The van der Waals surface area contributed by atoms with Gasteiger partial charge in [-0.05, 0) is 31.9 Å². The van der Waals surface area contributed by atoms with Gasteiger partial charge in [0.05, 0.1) is 6.10 Å². The predicted molar refractivity (Wildman–Crippen MR) is 72.1 cm³/mol. The Morgan fingerprint density at radius 1 is 1.42 bits per heavy atom. The Hall–Kier alpha value is -1.62. The van der Waals surface area contributed by atoms with Gasteiger partial charge in [-0.1, -0.05) is 12.8 Å². The van der Waals surface area contributed by atoms with Crippen molar-refractivity contribution in [1.82, 2.24) is 10.3 Å². The summed E-state index contributed by atoms with van der Waals surface area (Å²) in [5.41, 5.74) is 0.474. The smallest absolute Gasteiger partial charge is 0.260 e. The van der Waals surface area contributed by atoms with Gasteiger partial charge < -0.3 is 15.4 Å². The van der Waals surface area contributed by atoms with Crippen molar-refractivity contribution < 1.29 is 9.90 Å². The lowest BCUT2D eigenvalue weighted by atomic mass is 9.86. The van der Waals surface area contributed by atoms with Crippen LogP contribution in [-0.2, 0) is 0 Å². The molecule has 1 fully saturated rings. The van der Waals surface area contributed by atoms with Gasteiger partial charge in [0.25, 0.3) is 11.5 Å². The van der Waals surface area contributed by atoms with Crippen molar-refractivity contribution in [2.45, 2.75) is 38.7 Å². The number of pyridine rings is 1. The van der Waals surface area contributed by atoms with Crippen LogP contribution in [0.4, 0.5) is 0 Å². The minimum atomic E-state index is -0.376. The van der Waals surface area contributed by atoms with Crippen molar-refractivity contribution in [2.24, 2.45) is 5.92 Å². The van der Waals surface area contributed by atoms with Gasteiger partial charge in [-0.25, -0.2) is 0 Å². The van der Waals surface area contributed by atoms with E-state index in [0.29, 0.717) is 6.54 Å². The van der Waals surface area contributed by atoms with Crippen LogP contribution in [0.1, 0.15) is 41.7 Å². The number of aliphatic hydroxyl groups excluding tert-OH is 1. The number of hydrogen-bond donors (Lipinski definition) is 3. The highest BCUT2D eigenvalue weighted by Crippen LogP contribution is 2.23. The Labute approximate surface area is 112 Å². The number of carbonyl (C=O) groups is 1. The number of aryl methyl sites for hydroxylation is 1. The second kappa shape index (κ2) is 6.02. The van der Waals surface area contributed by atoms with Gasteiger partial charge in [0, 0.05) is 18.2 Å². The molecule has 5 heteroatoms. The number of rotatable bonds is 3. The van der Waals surface area contributed by atoms with Gasteiger partial charge in [-0.15, -0.1) is 0 Å². The molecule has 2 unspecified atom stereocenters. The molecule has 1 aliphatic carbocycles. The van der Waals surface area contributed by atoms with Crippen molar-refractivity contribution in [2.75, 3.05) is 6.54 Å². The average Bonchev–Trinajstić information content (AvgIpc) is 2.37. The van der Waals surface area contributed by atoms with Gasteiger partial charge in [0.1, 0.15) is 5.56 Å². The molecule has 3 N–H and O–H groups in total. The summed E-state index contributed by atoms with van der Waals surface area (Å²) in [6.45, 7) is 2.19. The Bertz CT molecular complexity index is 510. The van der Waals surface area contributed by atoms with Crippen LogP contribution in [0.15, 0.2) is 16.9 Å². The lowest BCUT2D eigenvalue weighted by molar-refractivity contribution is 0.0662. The van der Waals surface area contributed by atoms with Crippen molar-refractivity contribution in [1.29, 1.82) is 0 Å². The van der Waals surface area contributed by atoms with E-state index in [0.717, 1.165) is 31.4 Å². The van der Waals surface area contributed by atoms with Gasteiger partial charge in [-0.2, -0.15) is 0 Å². The zero-order valence-electron chi connectivity index (χ0n) is 11.1. The summed E-state index contributed by atoms with van der Waals surface area (Å²) >= 11 is 0. The SMILES string of the molecule is Cc1ccc(C(=O)NCC2CCCCC2O)c(=O)[nH]1. The molecule has 19 heavy (non-hydrogen) atoms. The van der Waals surface area contributed by atoms with Gasteiger partial charge in [0.2, 0.25) is 0 Å². The summed E-state index contributed by atoms with van der Waals surface area (Å²) in [5.74, 6) is -0.277.